The van der Waals surface area contributed by atoms with E-state index >= 15 is 0 Å². The van der Waals surface area contributed by atoms with Gasteiger partial charge in [-0.05, 0) is 19.1 Å². The number of carbonyl (C=O) groups excluding carboxylic acids is 1. The van der Waals surface area contributed by atoms with Gasteiger partial charge >= 0.3 is 0 Å². The third-order valence-corrected chi connectivity index (χ3v) is 3.70. The summed E-state index contributed by atoms with van der Waals surface area (Å²) in [4.78, 5) is 12.3. The average Bonchev–Trinajstić information content (AvgIpc) is 2.39. The SMILES string of the molecule is CC(O)CS/C(C#N)=C1/NC(=O)c2ccccc2N1. The molecule has 5 nitrogen and oxygen atoms in total. The third-order valence-electron chi connectivity index (χ3n) is 2.47. The summed E-state index contributed by atoms with van der Waals surface area (Å²) >= 11 is 1.20. The van der Waals surface area contributed by atoms with Crippen molar-refractivity contribution < 1.29 is 9.90 Å². The summed E-state index contributed by atoms with van der Waals surface area (Å²) < 4.78 is 0. The highest BCUT2D eigenvalue weighted by molar-refractivity contribution is 8.03. The molecule has 0 radical (unpaired) electrons. The van der Waals surface area contributed by atoms with E-state index in [2.05, 4.69) is 10.6 Å². The van der Waals surface area contributed by atoms with Crippen LogP contribution in [-0.4, -0.2) is 22.9 Å². The molecule has 0 saturated carbocycles. The van der Waals surface area contributed by atoms with Crippen LogP contribution in [0.1, 0.15) is 17.3 Å². The number of para-hydroxylation sites is 1. The Bertz CT molecular complexity index is 575. The number of hydrogen-bond acceptors (Lipinski definition) is 5. The van der Waals surface area contributed by atoms with Crippen LogP contribution < -0.4 is 10.6 Å². The molecule has 0 aliphatic carbocycles. The zero-order valence-electron chi connectivity index (χ0n) is 10.3. The molecule has 1 amide bonds. The van der Waals surface area contributed by atoms with Gasteiger partial charge in [-0.2, -0.15) is 5.26 Å². The molecule has 1 aliphatic heterocycles. The van der Waals surface area contributed by atoms with E-state index in [1.54, 1.807) is 25.1 Å². The van der Waals surface area contributed by atoms with E-state index in [4.69, 9.17) is 5.26 Å². The van der Waals surface area contributed by atoms with Gasteiger partial charge in [-0.1, -0.05) is 12.1 Å². The topological polar surface area (TPSA) is 85.2 Å². The van der Waals surface area contributed by atoms with Crippen LogP contribution in [0.25, 0.3) is 0 Å². The van der Waals surface area contributed by atoms with E-state index < -0.39 is 6.10 Å². The molecule has 0 aromatic heterocycles. The van der Waals surface area contributed by atoms with Crippen molar-refractivity contribution in [1.82, 2.24) is 5.32 Å². The lowest BCUT2D eigenvalue weighted by atomic mass is 10.1. The fourth-order valence-corrected chi connectivity index (χ4v) is 2.33. The van der Waals surface area contributed by atoms with Crippen LogP contribution >= 0.6 is 11.8 Å². The molecule has 98 valence electrons. The van der Waals surface area contributed by atoms with Crippen LogP contribution in [0.4, 0.5) is 5.69 Å². The van der Waals surface area contributed by atoms with E-state index in [9.17, 15) is 9.90 Å². The normalized spacial score (nSPS) is 17.6. The maximum absolute atomic E-state index is 11.9. The summed E-state index contributed by atoms with van der Waals surface area (Å²) in [6.07, 6.45) is -0.513. The molecule has 0 saturated heterocycles. The van der Waals surface area contributed by atoms with Crippen molar-refractivity contribution in [3.63, 3.8) is 0 Å². The van der Waals surface area contributed by atoms with Crippen LogP contribution in [0.15, 0.2) is 35.0 Å². The van der Waals surface area contributed by atoms with Gasteiger partial charge in [0.05, 0.1) is 17.4 Å². The molecule has 19 heavy (non-hydrogen) atoms. The minimum atomic E-state index is -0.513. The maximum Gasteiger partial charge on any atom is 0.258 e. The number of nitriles is 1. The lowest BCUT2D eigenvalue weighted by Gasteiger charge is -2.22. The molecule has 1 aliphatic rings. The van der Waals surface area contributed by atoms with Crippen molar-refractivity contribution >= 4 is 23.4 Å². The predicted molar refractivity (Wildman–Crippen MR) is 74.3 cm³/mol. The van der Waals surface area contributed by atoms with Crippen molar-refractivity contribution in [1.29, 1.82) is 5.26 Å². The number of rotatable bonds is 3. The first-order chi connectivity index (χ1) is 9.11. The second-order valence-corrected chi connectivity index (χ2v) is 5.13. The molecule has 2 rings (SSSR count). The predicted octanol–water partition coefficient (Wildman–Crippen LogP) is 1.65. The summed E-state index contributed by atoms with van der Waals surface area (Å²) in [5, 5.41) is 24.0. The molecule has 1 atom stereocenters. The van der Waals surface area contributed by atoms with Crippen LogP contribution in [-0.2, 0) is 0 Å². The Morgan fingerprint density at radius 2 is 2.21 bits per heavy atom. The van der Waals surface area contributed by atoms with Gasteiger partial charge in [0.1, 0.15) is 16.8 Å². The number of aliphatic hydroxyl groups excluding tert-OH is 1. The Hall–Kier alpha value is -1.97. The Morgan fingerprint density at radius 3 is 2.89 bits per heavy atom. The second kappa shape index (κ2) is 5.78. The highest BCUT2D eigenvalue weighted by atomic mass is 32.2. The summed E-state index contributed by atoms with van der Waals surface area (Å²) in [7, 11) is 0. The fourth-order valence-electron chi connectivity index (χ4n) is 1.61. The molecule has 1 aromatic carbocycles. The molecule has 6 heteroatoms. The monoisotopic (exact) mass is 275 g/mol. The Morgan fingerprint density at radius 1 is 1.47 bits per heavy atom. The van der Waals surface area contributed by atoms with E-state index in [1.165, 1.54) is 11.8 Å². The molecule has 3 N–H and O–H groups in total. The minimum Gasteiger partial charge on any atom is -0.393 e. The molecule has 1 unspecified atom stereocenters. The highest BCUT2D eigenvalue weighted by Crippen LogP contribution is 2.26. The third kappa shape index (κ3) is 3.08. The van der Waals surface area contributed by atoms with Gasteiger partial charge in [-0.25, -0.2) is 0 Å². The number of hydrogen-bond donors (Lipinski definition) is 3. The number of nitrogens with zero attached hydrogens (tertiary/aromatic N) is 1. The lowest BCUT2D eigenvalue weighted by Crippen LogP contribution is -2.33. The van der Waals surface area contributed by atoms with E-state index in [-0.39, 0.29) is 5.91 Å². The number of amides is 1. The fraction of sp³-hybridized carbons (Fsp3) is 0.231. The minimum absolute atomic E-state index is 0.241. The molecular formula is C13H13N3O2S. The summed E-state index contributed by atoms with van der Waals surface area (Å²) in [6, 6.07) is 9.12. The second-order valence-electron chi connectivity index (χ2n) is 4.10. The molecule has 1 heterocycles. The largest absolute Gasteiger partial charge is 0.393 e. The highest BCUT2D eigenvalue weighted by Gasteiger charge is 2.21. The van der Waals surface area contributed by atoms with Crippen molar-refractivity contribution in [2.45, 2.75) is 13.0 Å². The number of benzene rings is 1. The summed E-state index contributed by atoms with van der Waals surface area (Å²) in [6.45, 7) is 1.65. The van der Waals surface area contributed by atoms with Crippen LogP contribution in [0.5, 0.6) is 0 Å². The summed E-state index contributed by atoms with van der Waals surface area (Å²) in [5.41, 5.74) is 1.22. The Kier molecular flexibility index (Phi) is 4.10. The number of nitrogens with one attached hydrogen (secondary N) is 2. The maximum atomic E-state index is 11.9. The van der Waals surface area contributed by atoms with Gasteiger partial charge in [0.25, 0.3) is 5.91 Å². The Labute approximate surface area is 115 Å². The van der Waals surface area contributed by atoms with E-state index in [0.717, 1.165) is 0 Å². The van der Waals surface area contributed by atoms with Gasteiger partial charge in [0.15, 0.2) is 0 Å². The number of carbonyl (C=O) groups is 1. The summed E-state index contributed by atoms with van der Waals surface area (Å²) in [5.74, 6) is 0.526. The zero-order chi connectivity index (χ0) is 13.8. The average molecular weight is 275 g/mol. The first-order valence-corrected chi connectivity index (χ1v) is 6.73. The van der Waals surface area contributed by atoms with Crippen LogP contribution in [0.3, 0.4) is 0 Å². The number of fused-ring (bicyclic) bond motifs is 1. The van der Waals surface area contributed by atoms with Gasteiger partial charge in [0, 0.05) is 5.75 Å². The van der Waals surface area contributed by atoms with Crippen LogP contribution in [0.2, 0.25) is 0 Å². The first kappa shape index (κ1) is 13.5. The number of allylic oxidation sites excluding steroid dienone is 1. The molecule has 0 spiro atoms. The zero-order valence-corrected chi connectivity index (χ0v) is 11.1. The lowest BCUT2D eigenvalue weighted by molar-refractivity contribution is 0.0964. The smallest absolute Gasteiger partial charge is 0.258 e. The van der Waals surface area contributed by atoms with Crippen molar-refractivity contribution in [2.75, 3.05) is 11.1 Å². The molecule has 0 bridgehead atoms. The van der Waals surface area contributed by atoms with E-state index in [0.29, 0.717) is 27.7 Å². The van der Waals surface area contributed by atoms with Crippen molar-refractivity contribution in [3.8, 4) is 6.07 Å². The number of aliphatic hydroxyl groups is 1. The standard InChI is InChI=1S/C13H13N3O2S/c1-8(17)7-19-11(6-14)12-15-10-5-3-2-4-9(10)13(18)16-12/h2-5,8,15,17H,7H2,1H3,(H,16,18)/b12-11+. The Balaban J connectivity index is 2.28. The van der Waals surface area contributed by atoms with Gasteiger partial charge in [-0.3, -0.25) is 4.79 Å². The molecule has 1 aromatic rings. The molecular weight excluding hydrogens is 262 g/mol. The van der Waals surface area contributed by atoms with Gasteiger partial charge in [-0.15, -0.1) is 11.8 Å². The van der Waals surface area contributed by atoms with Gasteiger partial charge in [0.2, 0.25) is 0 Å². The molecule has 0 fully saturated rings. The number of thioether (sulfide) groups is 1. The van der Waals surface area contributed by atoms with Crippen molar-refractivity contribution in [2.24, 2.45) is 0 Å². The first-order valence-electron chi connectivity index (χ1n) is 5.74. The van der Waals surface area contributed by atoms with Gasteiger partial charge < -0.3 is 15.7 Å². The quantitative estimate of drug-likeness (QED) is 0.730. The van der Waals surface area contributed by atoms with Crippen LogP contribution in [0, 0.1) is 11.3 Å². The van der Waals surface area contributed by atoms with Crippen molar-refractivity contribution in [3.05, 3.63) is 40.6 Å². The van der Waals surface area contributed by atoms with E-state index in [1.807, 2.05) is 12.1 Å². The number of anilines is 1.